The van der Waals surface area contributed by atoms with Crippen LogP contribution in [0.15, 0.2) is 18.2 Å². The molecular weight excluding hydrogens is 260 g/mol. The maximum absolute atomic E-state index is 9.96. The Morgan fingerprint density at radius 2 is 1.58 bits per heavy atom. The minimum absolute atomic E-state index is 0.218. The lowest BCUT2D eigenvalue weighted by atomic mass is 9.83. The van der Waals surface area contributed by atoms with Crippen LogP contribution in [-0.4, -0.2) is 29.9 Å². The summed E-state index contributed by atoms with van der Waals surface area (Å²) in [5, 5.41) is 30.9. The molecule has 0 saturated carbocycles. The van der Waals surface area contributed by atoms with Crippen LogP contribution in [0.4, 0.5) is 0 Å². The standard InChI is InChI=1S/C14H16O4Si/c1-14(2,3)8-6-4-5-7-9(8)13(19-18)12(17)11(16)10(7)15/h4-6,15-18H,1-3H3. The Morgan fingerprint density at radius 1 is 0.947 bits per heavy atom. The van der Waals surface area contributed by atoms with Gasteiger partial charge in [0.05, 0.1) is 0 Å². The maximum atomic E-state index is 9.96. The third-order valence-corrected chi connectivity index (χ3v) is 3.89. The summed E-state index contributed by atoms with van der Waals surface area (Å²) in [6.07, 6.45) is 0. The van der Waals surface area contributed by atoms with Crippen molar-refractivity contribution in [2.24, 2.45) is 0 Å². The number of benzene rings is 2. The summed E-state index contributed by atoms with van der Waals surface area (Å²) in [4.78, 5) is 9.50. The predicted molar refractivity (Wildman–Crippen MR) is 75.2 cm³/mol. The van der Waals surface area contributed by atoms with Gasteiger partial charge in [0.1, 0.15) is 0 Å². The van der Waals surface area contributed by atoms with Gasteiger partial charge in [0, 0.05) is 10.6 Å². The van der Waals surface area contributed by atoms with Crippen LogP contribution in [0.2, 0.25) is 0 Å². The van der Waals surface area contributed by atoms with Crippen LogP contribution in [0.3, 0.4) is 0 Å². The van der Waals surface area contributed by atoms with E-state index in [0.717, 1.165) is 5.56 Å². The van der Waals surface area contributed by atoms with Gasteiger partial charge in [0.2, 0.25) is 5.75 Å². The normalized spacial score (nSPS) is 12.0. The summed E-state index contributed by atoms with van der Waals surface area (Å²) in [5.74, 6) is -1.40. The van der Waals surface area contributed by atoms with Gasteiger partial charge in [-0.1, -0.05) is 39.0 Å². The number of phenolic OH excluding ortho intramolecular Hbond substituents is 3. The van der Waals surface area contributed by atoms with Crippen molar-refractivity contribution in [3.05, 3.63) is 23.8 Å². The Hall–Kier alpha value is -1.72. The van der Waals surface area contributed by atoms with Crippen LogP contribution in [0.25, 0.3) is 10.8 Å². The minimum Gasteiger partial charge on any atom is -0.504 e. The first-order valence-electron chi connectivity index (χ1n) is 5.89. The molecule has 2 aromatic rings. The van der Waals surface area contributed by atoms with E-state index in [0.29, 0.717) is 10.8 Å². The molecule has 0 aromatic heterocycles. The molecule has 0 amide bonds. The molecule has 0 heterocycles. The smallest absolute Gasteiger partial charge is 0.270 e. The molecule has 5 heteroatoms. The fraction of sp³-hybridized carbons (Fsp3) is 0.286. The lowest BCUT2D eigenvalue weighted by Crippen LogP contribution is -2.21. The minimum atomic E-state index is -0.670. The van der Waals surface area contributed by atoms with Crippen molar-refractivity contribution >= 4 is 25.7 Å². The first kappa shape index (κ1) is 13.7. The highest BCUT2D eigenvalue weighted by Crippen LogP contribution is 2.42. The van der Waals surface area contributed by atoms with E-state index in [1.54, 1.807) is 12.1 Å². The molecule has 0 aliphatic heterocycles. The van der Waals surface area contributed by atoms with Crippen LogP contribution in [-0.2, 0) is 5.41 Å². The van der Waals surface area contributed by atoms with Crippen molar-refractivity contribution in [3.63, 3.8) is 0 Å². The summed E-state index contributed by atoms with van der Waals surface area (Å²) in [6, 6.07) is 5.33. The van der Waals surface area contributed by atoms with Gasteiger partial charge in [-0.2, -0.15) is 0 Å². The van der Waals surface area contributed by atoms with E-state index in [1.807, 2.05) is 26.8 Å². The quantitative estimate of drug-likeness (QED) is 0.470. The molecule has 0 unspecified atom stereocenters. The van der Waals surface area contributed by atoms with Gasteiger partial charge >= 0.3 is 0 Å². The molecule has 0 saturated heterocycles. The van der Waals surface area contributed by atoms with Crippen molar-refractivity contribution in [2.75, 3.05) is 0 Å². The van der Waals surface area contributed by atoms with Gasteiger partial charge in [-0.3, -0.25) is 0 Å². The molecule has 0 fully saturated rings. The SMILES string of the molecule is CC(C)(C)c1cccc2c(O)c(O)c(O)c([Si]O)c12. The van der Waals surface area contributed by atoms with E-state index in [-0.39, 0.29) is 16.4 Å². The van der Waals surface area contributed by atoms with Crippen LogP contribution < -0.4 is 5.19 Å². The summed E-state index contributed by atoms with van der Waals surface area (Å²) in [6.45, 7) is 6.02. The topological polar surface area (TPSA) is 80.9 Å². The molecule has 19 heavy (non-hydrogen) atoms. The number of aromatic hydroxyl groups is 3. The zero-order valence-corrected chi connectivity index (χ0v) is 12.0. The third-order valence-electron chi connectivity index (χ3n) is 3.17. The number of hydrogen-bond donors (Lipinski definition) is 4. The Labute approximate surface area is 113 Å². The summed E-state index contributed by atoms with van der Waals surface area (Å²) in [7, 11) is -0.670. The fourth-order valence-electron chi connectivity index (χ4n) is 2.23. The Bertz CT molecular complexity index is 644. The van der Waals surface area contributed by atoms with E-state index in [9.17, 15) is 20.1 Å². The Morgan fingerprint density at radius 3 is 2.11 bits per heavy atom. The van der Waals surface area contributed by atoms with Gasteiger partial charge < -0.3 is 20.1 Å². The molecular formula is C14H16O4Si. The van der Waals surface area contributed by atoms with Crippen molar-refractivity contribution in [3.8, 4) is 17.2 Å². The molecule has 4 nitrogen and oxygen atoms in total. The predicted octanol–water partition coefficient (Wildman–Crippen LogP) is 1.49. The van der Waals surface area contributed by atoms with Gasteiger partial charge in [-0.25, -0.2) is 0 Å². The van der Waals surface area contributed by atoms with Crippen LogP contribution in [0.1, 0.15) is 26.3 Å². The van der Waals surface area contributed by atoms with E-state index < -0.39 is 21.3 Å². The van der Waals surface area contributed by atoms with Crippen LogP contribution in [0, 0.1) is 0 Å². The molecule has 0 spiro atoms. The molecule has 100 valence electrons. The molecule has 0 bridgehead atoms. The summed E-state index contributed by atoms with van der Waals surface area (Å²) >= 11 is 0. The largest absolute Gasteiger partial charge is 0.504 e. The second kappa shape index (κ2) is 4.43. The zero-order valence-electron chi connectivity index (χ0n) is 11.0. The second-order valence-electron chi connectivity index (χ2n) is 5.51. The van der Waals surface area contributed by atoms with Gasteiger partial charge in [-0.15, -0.1) is 0 Å². The average molecular weight is 276 g/mol. The van der Waals surface area contributed by atoms with Gasteiger partial charge in [0.25, 0.3) is 9.76 Å². The molecule has 0 atom stereocenters. The average Bonchev–Trinajstić information content (AvgIpc) is 2.35. The van der Waals surface area contributed by atoms with Crippen molar-refractivity contribution in [2.45, 2.75) is 26.2 Å². The lowest BCUT2D eigenvalue weighted by molar-refractivity contribution is 0.373. The van der Waals surface area contributed by atoms with Gasteiger partial charge in [-0.05, 0) is 16.4 Å². The molecule has 4 N–H and O–H groups in total. The number of rotatable bonds is 1. The van der Waals surface area contributed by atoms with E-state index in [4.69, 9.17) is 0 Å². The summed E-state index contributed by atoms with van der Waals surface area (Å²) in [5.41, 5.74) is 0.677. The highest BCUT2D eigenvalue weighted by molar-refractivity contribution is 6.52. The molecule has 2 radical (unpaired) electrons. The van der Waals surface area contributed by atoms with Gasteiger partial charge in [0.15, 0.2) is 11.5 Å². The highest BCUT2D eigenvalue weighted by atomic mass is 28.2. The second-order valence-corrected chi connectivity index (χ2v) is 6.23. The number of fused-ring (bicyclic) bond motifs is 1. The van der Waals surface area contributed by atoms with Crippen LogP contribution in [0.5, 0.6) is 17.2 Å². The lowest BCUT2D eigenvalue weighted by Gasteiger charge is -2.23. The molecule has 0 aliphatic carbocycles. The Kier molecular flexibility index (Phi) is 3.20. The van der Waals surface area contributed by atoms with Crippen molar-refractivity contribution in [1.29, 1.82) is 0 Å². The molecule has 2 rings (SSSR count). The highest BCUT2D eigenvalue weighted by Gasteiger charge is 2.24. The Balaban J connectivity index is 3.04. The van der Waals surface area contributed by atoms with E-state index in [2.05, 4.69) is 0 Å². The molecule has 0 aliphatic rings. The number of phenols is 3. The maximum Gasteiger partial charge on any atom is 0.270 e. The van der Waals surface area contributed by atoms with E-state index >= 15 is 0 Å². The zero-order chi connectivity index (χ0) is 14.4. The first-order valence-corrected chi connectivity index (χ1v) is 6.84. The van der Waals surface area contributed by atoms with E-state index in [1.165, 1.54) is 0 Å². The van der Waals surface area contributed by atoms with Crippen molar-refractivity contribution in [1.82, 2.24) is 0 Å². The third kappa shape index (κ3) is 2.05. The molecule has 2 aromatic carbocycles. The monoisotopic (exact) mass is 276 g/mol. The van der Waals surface area contributed by atoms with Crippen molar-refractivity contribution < 1.29 is 20.1 Å². The number of hydrogen-bond acceptors (Lipinski definition) is 4. The summed E-state index contributed by atoms with van der Waals surface area (Å²) < 4.78 is 0. The fourth-order valence-corrected chi connectivity index (χ4v) is 2.83. The van der Waals surface area contributed by atoms with Crippen LogP contribution >= 0.6 is 0 Å². The first-order chi connectivity index (χ1) is 8.79.